The Morgan fingerprint density at radius 3 is 0.958 bits per heavy atom. The Morgan fingerprint density at radius 1 is 0.365 bits per heavy atom. The quantitative estimate of drug-likeness (QED) is 0.0261. The zero-order chi connectivity index (χ0) is 69.2. The third kappa shape index (κ3) is 62.9. The van der Waals surface area contributed by atoms with Crippen LogP contribution in [-0.4, -0.2) is 87.5 Å². The largest absolute Gasteiger partial charge is 0.394 e. The molecule has 96 heavy (non-hydrogen) atoms. The Morgan fingerprint density at radius 2 is 0.646 bits per heavy atom. The van der Waals surface area contributed by atoms with Crippen LogP contribution in [0.15, 0.2) is 60.8 Å². The summed E-state index contributed by atoms with van der Waals surface area (Å²) in [5.41, 5.74) is 0. The Balaban J connectivity index is 2.02. The molecular weight excluding hydrogens is 1190 g/mol. The number of nitrogens with one attached hydrogen (secondary N) is 1. The van der Waals surface area contributed by atoms with E-state index in [4.69, 9.17) is 9.47 Å². The number of aliphatic hydroxyl groups excluding tert-OH is 5. The average Bonchev–Trinajstić information content (AvgIpc) is 0.840. The summed E-state index contributed by atoms with van der Waals surface area (Å²) in [6.07, 6.45) is 99.3. The Hall–Kier alpha value is -2.11. The van der Waals surface area contributed by atoms with Gasteiger partial charge in [-0.25, -0.2) is 0 Å². The van der Waals surface area contributed by atoms with Gasteiger partial charge in [-0.1, -0.05) is 428 Å². The summed E-state index contributed by atoms with van der Waals surface area (Å²) in [7, 11) is 0. The van der Waals surface area contributed by atoms with E-state index in [9.17, 15) is 30.3 Å². The van der Waals surface area contributed by atoms with Gasteiger partial charge in [0.15, 0.2) is 6.29 Å². The van der Waals surface area contributed by atoms with E-state index in [0.29, 0.717) is 12.8 Å². The maximum absolute atomic E-state index is 13.2. The van der Waals surface area contributed by atoms with Crippen molar-refractivity contribution in [1.82, 2.24) is 5.32 Å². The molecule has 1 rings (SSSR count). The Kier molecular flexibility index (Phi) is 72.3. The van der Waals surface area contributed by atoms with Crippen molar-refractivity contribution < 1.29 is 39.8 Å². The molecule has 7 atom stereocenters. The molecule has 0 aromatic rings. The minimum Gasteiger partial charge on any atom is -0.394 e. The smallest absolute Gasteiger partial charge is 0.220 e. The number of hydrogen-bond donors (Lipinski definition) is 6. The van der Waals surface area contributed by atoms with Crippen molar-refractivity contribution in [2.75, 3.05) is 13.2 Å². The van der Waals surface area contributed by atoms with E-state index in [0.717, 1.165) is 70.6 Å². The van der Waals surface area contributed by atoms with Crippen LogP contribution in [-0.2, 0) is 14.3 Å². The number of rotatable bonds is 76. The summed E-state index contributed by atoms with van der Waals surface area (Å²) >= 11 is 0. The highest BCUT2D eigenvalue weighted by atomic mass is 16.7. The Bertz CT molecular complexity index is 1710. The van der Waals surface area contributed by atoms with Crippen molar-refractivity contribution in [3.63, 3.8) is 0 Å². The molecule has 0 spiro atoms. The molecule has 1 heterocycles. The fraction of sp³-hybridized carbons (Fsp3) is 0.874. The van der Waals surface area contributed by atoms with Gasteiger partial charge in [0.1, 0.15) is 24.4 Å². The molecule has 9 nitrogen and oxygen atoms in total. The lowest BCUT2D eigenvalue weighted by Crippen LogP contribution is -2.60. The molecule has 0 aromatic heterocycles. The fourth-order valence-corrected chi connectivity index (χ4v) is 13.8. The summed E-state index contributed by atoms with van der Waals surface area (Å²) in [5.74, 6) is -0.134. The van der Waals surface area contributed by atoms with Gasteiger partial charge >= 0.3 is 0 Å². The van der Waals surface area contributed by atoms with Crippen LogP contribution in [0.5, 0.6) is 0 Å². The zero-order valence-electron chi connectivity index (χ0n) is 63.7. The molecule has 0 aliphatic carbocycles. The number of allylic oxidation sites excluding steroid dienone is 10. The van der Waals surface area contributed by atoms with E-state index < -0.39 is 49.5 Å². The van der Waals surface area contributed by atoms with Gasteiger partial charge in [-0.05, 0) is 57.8 Å². The van der Waals surface area contributed by atoms with Crippen LogP contribution in [0.3, 0.4) is 0 Å². The molecular formula is C87H163NO8. The van der Waals surface area contributed by atoms with Crippen LogP contribution in [0.4, 0.5) is 0 Å². The summed E-state index contributed by atoms with van der Waals surface area (Å²) in [6.45, 7) is 3.79. The second kappa shape index (κ2) is 75.6. The first kappa shape index (κ1) is 91.9. The van der Waals surface area contributed by atoms with Crippen LogP contribution in [0, 0.1) is 0 Å². The van der Waals surface area contributed by atoms with E-state index >= 15 is 0 Å². The van der Waals surface area contributed by atoms with Gasteiger partial charge in [-0.2, -0.15) is 0 Å². The lowest BCUT2D eigenvalue weighted by Gasteiger charge is -2.40. The van der Waals surface area contributed by atoms with Gasteiger partial charge in [0.05, 0.1) is 25.4 Å². The third-order valence-corrected chi connectivity index (χ3v) is 20.4. The predicted octanol–water partition coefficient (Wildman–Crippen LogP) is 24.8. The number of amides is 1. The number of aliphatic hydroxyl groups is 5. The van der Waals surface area contributed by atoms with Crippen molar-refractivity contribution in [3.8, 4) is 0 Å². The molecule has 1 amide bonds. The van der Waals surface area contributed by atoms with Crippen molar-refractivity contribution in [2.24, 2.45) is 0 Å². The zero-order valence-corrected chi connectivity index (χ0v) is 63.7. The van der Waals surface area contributed by atoms with Crippen LogP contribution in [0.2, 0.25) is 0 Å². The highest BCUT2D eigenvalue weighted by molar-refractivity contribution is 5.76. The highest BCUT2D eigenvalue weighted by Gasteiger charge is 2.44. The van der Waals surface area contributed by atoms with Crippen molar-refractivity contribution in [1.29, 1.82) is 0 Å². The lowest BCUT2D eigenvalue weighted by molar-refractivity contribution is -0.302. The minimum atomic E-state index is -1.55. The molecule has 0 radical (unpaired) electrons. The number of carbonyl (C=O) groups excluding carboxylic acids is 1. The third-order valence-electron chi connectivity index (χ3n) is 20.4. The summed E-state index contributed by atoms with van der Waals surface area (Å²) in [4.78, 5) is 13.2. The summed E-state index contributed by atoms with van der Waals surface area (Å²) < 4.78 is 11.4. The van der Waals surface area contributed by atoms with Crippen LogP contribution in [0.25, 0.3) is 0 Å². The SMILES string of the molecule is CC/C=C\C/C=C\C/C=C\C/C=C\C/C=C\CCCCCCCCCCCCCCCCCCCCCCCCCCCC(=O)NC(COC1OC(CO)C(O)C(O)C1O)C(O)CCCCCCCCCCCCCCCCCCCCCCCCCCCCCCCCCC. The fourth-order valence-electron chi connectivity index (χ4n) is 13.8. The van der Waals surface area contributed by atoms with E-state index in [1.165, 1.54) is 334 Å². The first-order valence-corrected chi connectivity index (χ1v) is 42.5. The molecule has 7 unspecified atom stereocenters. The second-order valence-corrected chi connectivity index (χ2v) is 29.6. The monoisotopic (exact) mass is 1350 g/mol. The van der Waals surface area contributed by atoms with Crippen LogP contribution in [0.1, 0.15) is 431 Å². The average molecular weight is 1350 g/mol. The van der Waals surface area contributed by atoms with Gasteiger partial charge < -0.3 is 40.3 Å². The molecule has 0 bridgehead atoms. The van der Waals surface area contributed by atoms with Gasteiger partial charge in [0.2, 0.25) is 5.91 Å². The molecule has 6 N–H and O–H groups in total. The van der Waals surface area contributed by atoms with E-state index in [2.05, 4.69) is 79.9 Å². The minimum absolute atomic E-state index is 0.133. The maximum Gasteiger partial charge on any atom is 0.220 e. The molecule has 0 aromatic carbocycles. The van der Waals surface area contributed by atoms with Gasteiger partial charge in [0.25, 0.3) is 0 Å². The molecule has 1 fully saturated rings. The van der Waals surface area contributed by atoms with Gasteiger partial charge in [-0.15, -0.1) is 0 Å². The number of hydrogen-bond acceptors (Lipinski definition) is 8. The standard InChI is InChI=1S/C87H163NO8/c1-3-5-7-9-11-13-15-17-19-21-23-25-27-29-31-33-35-37-38-39-40-41-42-43-44-45-47-49-51-53-55-57-59-61-63-65-67-69-71-73-75-77-83(91)88-80(79-95-87-86(94)85(93)84(92)82(78-89)96-87)81(90)76-74-72-70-68-66-64-62-60-58-56-54-52-50-48-46-36-34-32-30-28-26-24-22-20-18-16-14-12-10-8-6-4-2/h5,7,11,13,17,19,23,25,29,31,80-82,84-87,89-90,92-94H,3-4,6,8-10,12,14-16,18,20-22,24,26-28,30,32-79H2,1-2H3,(H,88,91)/b7-5-,13-11-,19-17-,25-23-,31-29-. The first-order chi connectivity index (χ1) is 47.3. The molecule has 0 saturated carbocycles. The van der Waals surface area contributed by atoms with Crippen molar-refractivity contribution in [3.05, 3.63) is 60.8 Å². The van der Waals surface area contributed by atoms with Gasteiger partial charge in [0, 0.05) is 6.42 Å². The van der Waals surface area contributed by atoms with Gasteiger partial charge in [-0.3, -0.25) is 4.79 Å². The van der Waals surface area contributed by atoms with E-state index in [1.54, 1.807) is 0 Å². The summed E-state index contributed by atoms with van der Waals surface area (Å²) in [5, 5.41) is 55.2. The normalized spacial score (nSPS) is 17.7. The highest BCUT2D eigenvalue weighted by Crippen LogP contribution is 2.25. The topological polar surface area (TPSA) is 149 Å². The van der Waals surface area contributed by atoms with Crippen molar-refractivity contribution >= 4 is 5.91 Å². The maximum atomic E-state index is 13.2. The van der Waals surface area contributed by atoms with E-state index in [1.807, 2.05) is 0 Å². The number of unbranched alkanes of at least 4 members (excludes halogenated alkanes) is 56. The number of ether oxygens (including phenoxy) is 2. The summed E-state index contributed by atoms with van der Waals surface area (Å²) in [6, 6.07) is -0.721. The van der Waals surface area contributed by atoms with Crippen molar-refractivity contribution in [2.45, 2.75) is 474 Å². The second-order valence-electron chi connectivity index (χ2n) is 29.6. The lowest BCUT2D eigenvalue weighted by atomic mass is 9.99. The molecule has 1 aliphatic heterocycles. The molecule has 564 valence electrons. The van der Waals surface area contributed by atoms with Crippen LogP contribution >= 0.6 is 0 Å². The van der Waals surface area contributed by atoms with E-state index in [-0.39, 0.29) is 12.5 Å². The van der Waals surface area contributed by atoms with Crippen LogP contribution < -0.4 is 5.32 Å². The Labute approximate surface area is 596 Å². The predicted molar refractivity (Wildman–Crippen MR) is 415 cm³/mol. The first-order valence-electron chi connectivity index (χ1n) is 42.5. The molecule has 9 heteroatoms. The molecule has 1 saturated heterocycles. The number of carbonyl (C=O) groups is 1. The molecule has 1 aliphatic rings.